The zero-order chi connectivity index (χ0) is 12.3. The Labute approximate surface area is 102 Å². The van der Waals surface area contributed by atoms with E-state index in [1.54, 1.807) is 11.1 Å². The molecule has 0 aromatic heterocycles. The van der Waals surface area contributed by atoms with Crippen molar-refractivity contribution < 1.29 is 0 Å². The summed E-state index contributed by atoms with van der Waals surface area (Å²) >= 11 is 0. The van der Waals surface area contributed by atoms with E-state index in [1.807, 2.05) is 13.8 Å². The first-order valence-corrected chi connectivity index (χ1v) is 6.90. The minimum Gasteiger partial charge on any atom is -0.0776 e. The molecule has 0 spiro atoms. The first-order chi connectivity index (χ1) is 7.48. The van der Waals surface area contributed by atoms with E-state index in [4.69, 9.17) is 0 Å². The third-order valence-corrected chi connectivity index (χ3v) is 3.91. The van der Waals surface area contributed by atoms with Gasteiger partial charge in [-0.1, -0.05) is 53.7 Å². The van der Waals surface area contributed by atoms with Gasteiger partial charge in [0.15, 0.2) is 0 Å². The van der Waals surface area contributed by atoms with Crippen LogP contribution in [0.2, 0.25) is 0 Å². The second-order valence-corrected chi connectivity index (χ2v) is 5.94. The van der Waals surface area contributed by atoms with Crippen LogP contribution in [-0.2, 0) is 0 Å². The maximum Gasteiger partial charge on any atom is -0.0195 e. The summed E-state index contributed by atoms with van der Waals surface area (Å²) in [4.78, 5) is 0. The highest BCUT2D eigenvalue weighted by Gasteiger charge is 2.29. The van der Waals surface area contributed by atoms with E-state index >= 15 is 0 Å². The van der Waals surface area contributed by atoms with E-state index < -0.39 is 0 Å². The van der Waals surface area contributed by atoms with Gasteiger partial charge in [0, 0.05) is 0 Å². The summed E-state index contributed by atoms with van der Waals surface area (Å²) in [6.45, 7) is 13.5. The lowest BCUT2D eigenvalue weighted by atomic mass is 9.69. The van der Waals surface area contributed by atoms with Crippen LogP contribution < -0.4 is 0 Å². The molecule has 0 N–H and O–H groups in total. The molecule has 16 heavy (non-hydrogen) atoms. The van der Waals surface area contributed by atoms with Gasteiger partial charge < -0.3 is 0 Å². The Morgan fingerprint density at radius 1 is 1.00 bits per heavy atom. The molecule has 0 heterocycles. The Kier molecular flexibility index (Phi) is 4.41. The molecule has 0 nitrogen and oxygen atoms in total. The Balaban J connectivity index is 0.000000606. The average molecular weight is 220 g/mol. The molecule has 0 amide bonds. The van der Waals surface area contributed by atoms with E-state index in [1.165, 1.54) is 19.3 Å². The van der Waals surface area contributed by atoms with Crippen molar-refractivity contribution in [3.8, 4) is 0 Å². The fourth-order valence-corrected chi connectivity index (χ4v) is 2.65. The van der Waals surface area contributed by atoms with E-state index in [-0.39, 0.29) is 0 Å². The number of hydrogen-bond donors (Lipinski definition) is 0. The van der Waals surface area contributed by atoms with Crippen LogP contribution in [0.15, 0.2) is 23.3 Å². The highest BCUT2D eigenvalue weighted by atomic mass is 14.3. The molecule has 0 heteroatoms. The predicted octanol–water partition coefficient (Wildman–Crippen LogP) is 5.36. The molecule has 1 saturated carbocycles. The van der Waals surface area contributed by atoms with Crippen LogP contribution >= 0.6 is 0 Å². The van der Waals surface area contributed by atoms with Gasteiger partial charge in [-0.05, 0) is 47.7 Å². The van der Waals surface area contributed by atoms with E-state index in [9.17, 15) is 0 Å². The summed E-state index contributed by atoms with van der Waals surface area (Å²) in [6.07, 6.45) is 8.97. The van der Waals surface area contributed by atoms with Crippen molar-refractivity contribution in [2.75, 3.05) is 0 Å². The zero-order valence-electron chi connectivity index (χ0n) is 11.9. The number of fused-ring (bicyclic) bond motifs is 1. The van der Waals surface area contributed by atoms with Gasteiger partial charge in [0.05, 0.1) is 0 Å². The fourth-order valence-electron chi connectivity index (χ4n) is 2.65. The van der Waals surface area contributed by atoms with E-state index in [0.29, 0.717) is 5.41 Å². The molecule has 0 radical (unpaired) electrons. The summed E-state index contributed by atoms with van der Waals surface area (Å²) < 4.78 is 0. The molecule has 0 aromatic carbocycles. The molecule has 2 atom stereocenters. The highest BCUT2D eigenvalue weighted by Crippen LogP contribution is 2.44. The van der Waals surface area contributed by atoms with Gasteiger partial charge >= 0.3 is 0 Å². The highest BCUT2D eigenvalue weighted by molar-refractivity contribution is 5.38. The predicted molar refractivity (Wildman–Crippen MR) is 73.5 cm³/mol. The van der Waals surface area contributed by atoms with Gasteiger partial charge in [0.2, 0.25) is 0 Å². The van der Waals surface area contributed by atoms with Crippen molar-refractivity contribution >= 4 is 0 Å². The molecule has 2 aliphatic rings. The maximum atomic E-state index is 2.51. The molecule has 0 aromatic rings. The summed E-state index contributed by atoms with van der Waals surface area (Å²) in [5, 5.41) is 0. The first-order valence-electron chi connectivity index (χ1n) is 6.90. The van der Waals surface area contributed by atoms with Crippen molar-refractivity contribution in [3.63, 3.8) is 0 Å². The second-order valence-electron chi connectivity index (χ2n) is 5.94. The third kappa shape index (κ3) is 2.99. The Hall–Kier alpha value is -0.520. The minimum atomic E-state index is 0.531. The summed E-state index contributed by atoms with van der Waals surface area (Å²) in [5.74, 6) is 1.48. The SMILES string of the molecule is CC.CC1C=C2CCC(C)(C)CC2=CC1C. The van der Waals surface area contributed by atoms with Crippen LogP contribution in [0.4, 0.5) is 0 Å². The lowest BCUT2D eigenvalue weighted by Crippen LogP contribution is -2.22. The quantitative estimate of drug-likeness (QED) is 0.515. The normalized spacial score (nSPS) is 31.6. The standard InChI is InChI=1S/C14H22.C2H6/c1-10-7-12-5-6-14(3,4)9-13(12)8-11(10)2;1-2/h7-8,10-11H,5-6,9H2,1-4H3;1-2H3. The van der Waals surface area contributed by atoms with Crippen LogP contribution in [0.3, 0.4) is 0 Å². The molecular weight excluding hydrogens is 192 g/mol. The average Bonchev–Trinajstić information content (AvgIpc) is 2.23. The van der Waals surface area contributed by atoms with Gasteiger partial charge in [-0.25, -0.2) is 0 Å². The topological polar surface area (TPSA) is 0 Å². The Bertz CT molecular complexity index is 291. The second kappa shape index (κ2) is 5.21. The molecule has 0 aliphatic heterocycles. The lowest BCUT2D eigenvalue weighted by molar-refractivity contribution is 0.308. The third-order valence-electron chi connectivity index (χ3n) is 3.91. The molecular formula is C16H28. The molecule has 0 saturated heterocycles. The first kappa shape index (κ1) is 13.5. The minimum absolute atomic E-state index is 0.531. The van der Waals surface area contributed by atoms with Crippen molar-refractivity contribution in [2.45, 2.75) is 60.8 Å². The molecule has 1 fully saturated rings. The van der Waals surface area contributed by atoms with Crippen LogP contribution in [0.5, 0.6) is 0 Å². The monoisotopic (exact) mass is 220 g/mol. The Morgan fingerprint density at radius 2 is 1.50 bits per heavy atom. The smallest absolute Gasteiger partial charge is 0.0195 e. The van der Waals surface area contributed by atoms with Crippen molar-refractivity contribution in [1.82, 2.24) is 0 Å². The van der Waals surface area contributed by atoms with Crippen LogP contribution in [0.25, 0.3) is 0 Å². The summed E-state index contributed by atoms with van der Waals surface area (Å²) in [5.41, 5.74) is 3.82. The van der Waals surface area contributed by atoms with Gasteiger partial charge in [0.1, 0.15) is 0 Å². The van der Waals surface area contributed by atoms with Crippen LogP contribution in [0, 0.1) is 17.3 Å². The largest absolute Gasteiger partial charge is 0.0776 e. The van der Waals surface area contributed by atoms with Gasteiger partial charge in [0.25, 0.3) is 0 Å². The summed E-state index contributed by atoms with van der Waals surface area (Å²) in [6, 6.07) is 0. The molecule has 92 valence electrons. The number of allylic oxidation sites excluding steroid dienone is 4. The lowest BCUT2D eigenvalue weighted by Gasteiger charge is -2.36. The molecule has 2 rings (SSSR count). The van der Waals surface area contributed by atoms with Gasteiger partial charge in [-0.2, -0.15) is 0 Å². The van der Waals surface area contributed by atoms with Crippen molar-refractivity contribution in [3.05, 3.63) is 23.3 Å². The molecule has 2 aliphatic carbocycles. The van der Waals surface area contributed by atoms with Crippen molar-refractivity contribution in [2.24, 2.45) is 17.3 Å². The number of rotatable bonds is 0. The van der Waals surface area contributed by atoms with E-state index in [2.05, 4.69) is 39.8 Å². The number of hydrogen-bond acceptors (Lipinski definition) is 0. The Morgan fingerprint density at radius 3 is 2.06 bits per heavy atom. The van der Waals surface area contributed by atoms with Gasteiger partial charge in [-0.3, -0.25) is 0 Å². The van der Waals surface area contributed by atoms with E-state index in [0.717, 1.165) is 11.8 Å². The molecule has 0 bridgehead atoms. The van der Waals surface area contributed by atoms with Gasteiger partial charge in [-0.15, -0.1) is 0 Å². The zero-order valence-corrected chi connectivity index (χ0v) is 11.9. The van der Waals surface area contributed by atoms with Crippen LogP contribution in [0.1, 0.15) is 60.8 Å². The fraction of sp³-hybridized carbons (Fsp3) is 0.750. The van der Waals surface area contributed by atoms with Crippen LogP contribution in [-0.4, -0.2) is 0 Å². The molecule has 2 unspecified atom stereocenters. The summed E-state index contributed by atoms with van der Waals surface area (Å²) in [7, 11) is 0. The van der Waals surface area contributed by atoms with Crippen molar-refractivity contribution in [1.29, 1.82) is 0 Å². The maximum absolute atomic E-state index is 2.51.